The molecule has 0 N–H and O–H groups in total. The molecule has 0 saturated heterocycles. The normalized spacial score (nSPS) is 11.4. The second kappa shape index (κ2) is 7.47. The van der Waals surface area contributed by atoms with E-state index in [0.29, 0.717) is 5.56 Å². The Morgan fingerprint density at radius 1 is 0.808 bits per heavy atom. The van der Waals surface area contributed by atoms with Crippen molar-refractivity contribution in [1.82, 2.24) is 4.98 Å². The number of aromatic nitrogens is 1. The van der Waals surface area contributed by atoms with Gasteiger partial charge in [0.05, 0.1) is 27.1 Å². The summed E-state index contributed by atoms with van der Waals surface area (Å²) in [6.45, 7) is 0. The Bertz CT molecular complexity index is 1190. The van der Waals surface area contributed by atoms with Crippen molar-refractivity contribution in [3.05, 3.63) is 78.4 Å². The van der Waals surface area contributed by atoms with Gasteiger partial charge in [-0.05, 0) is 23.1 Å². The molecule has 0 aliphatic carbocycles. The molecule has 3 aromatic carbocycles. The summed E-state index contributed by atoms with van der Waals surface area (Å²) in [5.41, 5.74) is 3.14. The molecule has 0 saturated carbocycles. The Hall–Kier alpha value is -1.76. The number of pyridine rings is 1. The van der Waals surface area contributed by atoms with Gasteiger partial charge in [0.1, 0.15) is 0 Å². The predicted molar refractivity (Wildman–Crippen MR) is 98.1 cm³/mol. The molecular weight excluding hydrogens is 357 g/mol. The molecule has 0 bridgehead atoms. The van der Waals surface area contributed by atoms with Crippen molar-refractivity contribution in [2.75, 3.05) is 0 Å². The number of hydrogen-bond acceptors (Lipinski definition) is 4. The minimum Gasteiger partial charge on any atom is -0.748 e. The first-order valence-electron chi connectivity index (χ1n) is 7.82. The number of fused-ring (bicyclic) bond motifs is 3. The summed E-state index contributed by atoms with van der Waals surface area (Å²) in [7, 11) is -4.33. The molecule has 0 amide bonds. The molecule has 124 valence electrons. The molecule has 0 aliphatic heterocycles. The topological polar surface area (TPSA) is 70.1 Å². The molecule has 1 aromatic heterocycles. The van der Waals surface area contributed by atoms with Gasteiger partial charge < -0.3 is 4.55 Å². The van der Waals surface area contributed by atoms with Gasteiger partial charge in [-0.25, -0.2) is 13.4 Å². The van der Waals surface area contributed by atoms with E-state index in [1.807, 2.05) is 60.7 Å². The zero-order valence-electron chi connectivity index (χ0n) is 14.2. The van der Waals surface area contributed by atoms with Gasteiger partial charge in [-0.3, -0.25) is 0 Å². The summed E-state index contributed by atoms with van der Waals surface area (Å²) in [5.74, 6) is -0.514. The number of para-hydroxylation sites is 1. The van der Waals surface area contributed by atoms with E-state index in [1.165, 1.54) is 0 Å². The monoisotopic (exact) mass is 371 g/mol. The average Bonchev–Trinajstić information content (AvgIpc) is 2.60. The van der Waals surface area contributed by atoms with Gasteiger partial charge in [0.25, 0.3) is 0 Å². The second-order valence-electron chi connectivity index (χ2n) is 5.93. The van der Waals surface area contributed by atoms with E-state index >= 15 is 0 Å². The summed E-state index contributed by atoms with van der Waals surface area (Å²) in [6.07, 6.45) is 0. The van der Waals surface area contributed by atoms with Crippen LogP contribution >= 0.6 is 0 Å². The fraction of sp³-hybridized carbons (Fsp3) is 0.0500. The zero-order valence-corrected chi connectivity index (χ0v) is 17.0. The first kappa shape index (κ1) is 19.0. The van der Waals surface area contributed by atoms with Gasteiger partial charge in [0, 0.05) is 16.3 Å². The summed E-state index contributed by atoms with van der Waals surface area (Å²) < 4.78 is 33.4. The van der Waals surface area contributed by atoms with Crippen LogP contribution in [0.1, 0.15) is 5.56 Å². The molecule has 0 atom stereocenters. The maximum atomic E-state index is 11.1. The van der Waals surface area contributed by atoms with Crippen LogP contribution in [0.2, 0.25) is 0 Å². The quantitative estimate of drug-likeness (QED) is 0.307. The summed E-state index contributed by atoms with van der Waals surface area (Å²) in [6, 6.07) is 22.9. The third-order valence-corrected chi connectivity index (χ3v) is 4.84. The maximum Gasteiger partial charge on any atom is 1.00 e. The van der Waals surface area contributed by atoms with Crippen molar-refractivity contribution in [3.63, 3.8) is 0 Å². The van der Waals surface area contributed by atoms with Gasteiger partial charge in [-0.2, -0.15) is 0 Å². The molecule has 0 radical (unpaired) electrons. The maximum absolute atomic E-state index is 11.1. The average molecular weight is 371 g/mol. The van der Waals surface area contributed by atoms with Crippen molar-refractivity contribution < 1.29 is 42.5 Å². The Morgan fingerprint density at radius 2 is 1.50 bits per heavy atom. The zero-order chi connectivity index (χ0) is 17.4. The molecule has 4 rings (SSSR count). The minimum absolute atomic E-state index is 0. The van der Waals surface area contributed by atoms with Crippen molar-refractivity contribution in [2.24, 2.45) is 0 Å². The van der Waals surface area contributed by atoms with Crippen LogP contribution in [-0.2, 0) is 15.9 Å². The van der Waals surface area contributed by atoms with E-state index in [4.69, 9.17) is 4.98 Å². The predicted octanol–water partition coefficient (Wildman–Crippen LogP) is 1.10. The van der Waals surface area contributed by atoms with E-state index < -0.39 is 15.9 Å². The smallest absolute Gasteiger partial charge is 0.748 e. The largest absolute Gasteiger partial charge is 1.00 e. The summed E-state index contributed by atoms with van der Waals surface area (Å²) >= 11 is 0. The Balaban J connectivity index is 0.00000196. The van der Waals surface area contributed by atoms with Crippen LogP contribution in [-0.4, -0.2) is 18.0 Å². The minimum atomic E-state index is -4.33. The van der Waals surface area contributed by atoms with E-state index in [9.17, 15) is 13.0 Å². The standard InChI is InChI=1S/C20H15NO3S.Na/c22-25(23,24)13-14-10-11-17-18(12-14)16-8-4-5-9-19(16)21-20(17)15-6-2-1-3-7-15;/h1-12H,13H2,(H,22,23,24);/q;+1/p-1. The third kappa shape index (κ3) is 3.82. The molecule has 0 unspecified atom stereocenters. The first-order chi connectivity index (χ1) is 12.0. The summed E-state index contributed by atoms with van der Waals surface area (Å²) in [5, 5.41) is 2.75. The van der Waals surface area contributed by atoms with Crippen LogP contribution in [0.3, 0.4) is 0 Å². The molecule has 26 heavy (non-hydrogen) atoms. The van der Waals surface area contributed by atoms with E-state index in [0.717, 1.165) is 32.9 Å². The van der Waals surface area contributed by atoms with E-state index in [1.54, 1.807) is 12.1 Å². The second-order valence-corrected chi connectivity index (χ2v) is 7.33. The number of nitrogens with zero attached hydrogens (tertiary/aromatic N) is 1. The summed E-state index contributed by atoms with van der Waals surface area (Å²) in [4.78, 5) is 4.80. The van der Waals surface area contributed by atoms with E-state index in [-0.39, 0.29) is 29.6 Å². The van der Waals surface area contributed by atoms with Gasteiger partial charge in [0.15, 0.2) is 0 Å². The van der Waals surface area contributed by atoms with Crippen molar-refractivity contribution in [2.45, 2.75) is 5.75 Å². The molecule has 4 nitrogen and oxygen atoms in total. The fourth-order valence-corrected chi connectivity index (χ4v) is 3.70. The molecule has 0 fully saturated rings. The molecular formula is C20H14NNaO3S. The molecule has 6 heteroatoms. The Morgan fingerprint density at radius 3 is 2.23 bits per heavy atom. The van der Waals surface area contributed by atoms with Crippen molar-refractivity contribution in [1.29, 1.82) is 0 Å². The first-order valence-corrected chi connectivity index (χ1v) is 9.39. The van der Waals surface area contributed by atoms with Gasteiger partial charge in [0.2, 0.25) is 0 Å². The number of hydrogen-bond donors (Lipinski definition) is 0. The Labute approximate surface area is 173 Å². The molecule has 1 heterocycles. The molecule has 4 aromatic rings. The SMILES string of the molecule is O=S(=O)([O-])Cc1ccc2c(-c3ccccc3)nc3ccccc3c2c1.[Na+]. The van der Waals surface area contributed by atoms with Gasteiger partial charge >= 0.3 is 29.6 Å². The number of benzene rings is 3. The van der Waals surface area contributed by atoms with Gasteiger partial charge in [-0.15, -0.1) is 0 Å². The van der Waals surface area contributed by atoms with E-state index in [2.05, 4.69) is 0 Å². The van der Waals surface area contributed by atoms with Crippen molar-refractivity contribution in [3.8, 4) is 11.3 Å². The Kier molecular flexibility index (Phi) is 5.46. The van der Waals surface area contributed by atoms with Crippen LogP contribution in [0.5, 0.6) is 0 Å². The number of rotatable bonds is 3. The molecule has 0 aliphatic rings. The molecule has 0 spiro atoms. The van der Waals surface area contributed by atoms with Crippen LogP contribution in [0.4, 0.5) is 0 Å². The van der Waals surface area contributed by atoms with Crippen LogP contribution in [0, 0.1) is 0 Å². The van der Waals surface area contributed by atoms with Crippen LogP contribution in [0.25, 0.3) is 32.9 Å². The van der Waals surface area contributed by atoms with Crippen LogP contribution in [0.15, 0.2) is 72.8 Å². The van der Waals surface area contributed by atoms with Gasteiger partial charge in [-0.1, -0.05) is 60.7 Å². The third-order valence-electron chi connectivity index (χ3n) is 4.16. The fourth-order valence-electron chi connectivity index (χ4n) is 3.11. The van der Waals surface area contributed by atoms with Crippen molar-refractivity contribution >= 4 is 31.8 Å². The van der Waals surface area contributed by atoms with Crippen LogP contribution < -0.4 is 29.6 Å².